The molecule has 0 aliphatic carbocycles. The van der Waals surface area contributed by atoms with Crippen LogP contribution in [0.25, 0.3) is 22.0 Å². The molecule has 0 saturated heterocycles. The van der Waals surface area contributed by atoms with E-state index >= 15 is 0 Å². The molecule has 5 rings (SSSR count). The van der Waals surface area contributed by atoms with Crippen LogP contribution in [0.15, 0.2) is 85.1 Å². The zero-order valence-electron chi connectivity index (χ0n) is 25.2. The predicted molar refractivity (Wildman–Crippen MR) is 174 cm³/mol. The molecule has 0 bridgehead atoms. The Kier molecular flexibility index (Phi) is 8.81. The summed E-state index contributed by atoms with van der Waals surface area (Å²) >= 11 is 0. The first-order chi connectivity index (χ1) is 21.6. The predicted octanol–water partition coefficient (Wildman–Crippen LogP) is 6.50. The molecule has 45 heavy (non-hydrogen) atoms. The van der Waals surface area contributed by atoms with E-state index in [4.69, 9.17) is 15.9 Å². The Hall–Kier alpha value is -5.70. The highest BCUT2D eigenvalue weighted by Crippen LogP contribution is 2.40. The zero-order chi connectivity index (χ0) is 32.2. The topological polar surface area (TPSA) is 158 Å². The number of carboxylic acids is 1. The van der Waals surface area contributed by atoms with Crippen molar-refractivity contribution in [3.63, 3.8) is 0 Å². The van der Waals surface area contributed by atoms with Crippen molar-refractivity contribution in [3.05, 3.63) is 124 Å². The van der Waals surface area contributed by atoms with Crippen LogP contribution >= 0.6 is 0 Å². The van der Waals surface area contributed by atoms with E-state index in [1.807, 2.05) is 30.5 Å². The zero-order valence-corrected chi connectivity index (χ0v) is 25.2. The lowest BCUT2D eigenvalue weighted by Gasteiger charge is -2.22. The van der Waals surface area contributed by atoms with Gasteiger partial charge in [-0.3, -0.25) is 15.0 Å². The number of ketones is 1. The van der Waals surface area contributed by atoms with Crippen LogP contribution in [-0.2, 0) is 6.54 Å². The van der Waals surface area contributed by atoms with E-state index in [0.717, 1.165) is 27.6 Å². The van der Waals surface area contributed by atoms with Crippen LogP contribution in [0.4, 0.5) is 0 Å². The molecule has 1 unspecified atom stereocenters. The summed E-state index contributed by atoms with van der Waals surface area (Å²) in [5.74, 6) is -1.23. The normalized spacial score (nSPS) is 11.6. The summed E-state index contributed by atoms with van der Waals surface area (Å²) < 4.78 is 5.31. The van der Waals surface area contributed by atoms with Crippen LogP contribution in [0.3, 0.4) is 0 Å². The Bertz CT molecular complexity index is 1940. The number of amides is 1. The van der Waals surface area contributed by atoms with Crippen molar-refractivity contribution >= 4 is 34.4 Å². The van der Waals surface area contributed by atoms with E-state index in [-0.39, 0.29) is 35.6 Å². The number of benzene rings is 4. The number of Topliss-reactive ketones (excluding diaryl/α,β-unsaturated/α-hetero) is 1. The summed E-state index contributed by atoms with van der Waals surface area (Å²) in [6.07, 6.45) is 2.62. The number of H-pyrrole nitrogens is 1. The number of rotatable bonds is 11. The highest BCUT2D eigenvalue weighted by molar-refractivity contribution is 6.01. The van der Waals surface area contributed by atoms with Gasteiger partial charge in [0, 0.05) is 46.3 Å². The minimum Gasteiger partial charge on any atom is -0.497 e. The number of nitrogens with two attached hydrogens (primary N) is 1. The third kappa shape index (κ3) is 6.33. The second-order valence-electron chi connectivity index (χ2n) is 10.8. The van der Waals surface area contributed by atoms with Crippen LogP contribution in [0, 0.1) is 5.41 Å². The number of amidine groups is 1. The van der Waals surface area contributed by atoms with Gasteiger partial charge in [0.1, 0.15) is 11.6 Å². The first-order valence-electron chi connectivity index (χ1n) is 14.5. The Labute approximate surface area is 260 Å². The average Bonchev–Trinajstić information content (AvgIpc) is 3.47. The summed E-state index contributed by atoms with van der Waals surface area (Å²) in [7, 11) is 1.48. The van der Waals surface area contributed by atoms with Crippen molar-refractivity contribution < 1.29 is 24.2 Å². The molecule has 0 aliphatic rings. The number of carbonyl (C=O) groups excluding carboxylic acids is 2. The van der Waals surface area contributed by atoms with Crippen molar-refractivity contribution in [3.8, 4) is 16.9 Å². The van der Waals surface area contributed by atoms with Crippen molar-refractivity contribution in [1.29, 1.82) is 5.41 Å². The van der Waals surface area contributed by atoms with Crippen LogP contribution in [0.1, 0.15) is 79.5 Å². The molecule has 1 heterocycles. The van der Waals surface area contributed by atoms with Crippen molar-refractivity contribution in [2.45, 2.75) is 32.7 Å². The molecular weight excluding hydrogens is 568 g/mol. The number of fused-ring (bicyclic) bond motifs is 1. The molecular formula is C36H34N4O5. The van der Waals surface area contributed by atoms with E-state index in [1.165, 1.54) is 20.1 Å². The van der Waals surface area contributed by atoms with Crippen molar-refractivity contribution in [2.75, 3.05) is 7.11 Å². The Morgan fingerprint density at radius 3 is 2.27 bits per heavy atom. The second kappa shape index (κ2) is 12.9. The monoisotopic (exact) mass is 602 g/mol. The smallest absolute Gasteiger partial charge is 0.336 e. The van der Waals surface area contributed by atoms with Gasteiger partial charge in [-0.05, 0) is 77.6 Å². The number of ether oxygens (including phenoxy) is 1. The fourth-order valence-electron chi connectivity index (χ4n) is 5.65. The van der Waals surface area contributed by atoms with Gasteiger partial charge in [0.2, 0.25) is 0 Å². The second-order valence-corrected chi connectivity index (χ2v) is 10.8. The fraction of sp³-hybridized carbons (Fsp3) is 0.167. The van der Waals surface area contributed by atoms with Gasteiger partial charge >= 0.3 is 5.97 Å². The Morgan fingerprint density at radius 1 is 0.911 bits per heavy atom. The minimum atomic E-state index is -1.12. The molecule has 9 nitrogen and oxygen atoms in total. The summed E-state index contributed by atoms with van der Waals surface area (Å²) in [4.78, 5) is 40.8. The number of nitrogens with one attached hydrogen (secondary N) is 3. The lowest BCUT2D eigenvalue weighted by atomic mass is 9.82. The first kappa shape index (κ1) is 30.7. The van der Waals surface area contributed by atoms with Gasteiger partial charge in [0.05, 0.1) is 12.7 Å². The van der Waals surface area contributed by atoms with Gasteiger partial charge in [-0.25, -0.2) is 4.79 Å². The van der Waals surface area contributed by atoms with E-state index < -0.39 is 5.97 Å². The van der Waals surface area contributed by atoms with E-state index in [0.29, 0.717) is 40.0 Å². The molecule has 0 saturated carbocycles. The minimum absolute atomic E-state index is 0.0231. The number of aromatic carboxylic acids is 1. The van der Waals surface area contributed by atoms with Crippen LogP contribution in [0.5, 0.6) is 5.75 Å². The molecule has 5 aromatic rings. The number of aromatic nitrogens is 1. The lowest BCUT2D eigenvalue weighted by molar-refractivity contribution is 0.0696. The standard InChI is InChI=1S/C36H34N4O5/c1-4-26(32-19-39-33-16-23(34(37)38)9-13-29(32)33)27-12-10-24(35(42)40-18-21-5-7-22(8-6-21)20(2)41)15-30(27)28-14-11-25(45-3)17-31(28)36(43)44/h5-17,19,26,39H,4,18H2,1-3H3,(H3,37,38)(H,40,42)(H,43,44). The van der Waals surface area contributed by atoms with Gasteiger partial charge < -0.3 is 25.9 Å². The van der Waals surface area contributed by atoms with Crippen molar-refractivity contribution in [1.82, 2.24) is 10.3 Å². The molecule has 1 amide bonds. The Morgan fingerprint density at radius 2 is 1.62 bits per heavy atom. The molecule has 6 N–H and O–H groups in total. The molecule has 0 radical (unpaired) electrons. The summed E-state index contributed by atoms with van der Waals surface area (Å²) in [5.41, 5.74) is 12.0. The molecule has 1 atom stereocenters. The molecule has 0 fully saturated rings. The third-order valence-corrected chi connectivity index (χ3v) is 8.06. The maximum Gasteiger partial charge on any atom is 0.336 e. The Balaban J connectivity index is 1.59. The number of hydrogen-bond acceptors (Lipinski definition) is 5. The lowest BCUT2D eigenvalue weighted by Crippen LogP contribution is -2.23. The van der Waals surface area contributed by atoms with Gasteiger partial charge in [-0.2, -0.15) is 0 Å². The van der Waals surface area contributed by atoms with Crippen LogP contribution in [0.2, 0.25) is 0 Å². The van der Waals surface area contributed by atoms with E-state index in [9.17, 15) is 19.5 Å². The third-order valence-electron chi connectivity index (χ3n) is 8.06. The highest BCUT2D eigenvalue weighted by Gasteiger charge is 2.24. The fourth-order valence-corrected chi connectivity index (χ4v) is 5.65. The van der Waals surface area contributed by atoms with Gasteiger partial charge in [0.15, 0.2) is 5.78 Å². The molecule has 0 aliphatic heterocycles. The summed E-state index contributed by atoms with van der Waals surface area (Å²) in [5, 5.41) is 21.9. The van der Waals surface area contributed by atoms with Crippen molar-refractivity contribution in [2.24, 2.45) is 5.73 Å². The number of nitrogen functional groups attached to an aromatic ring is 1. The molecule has 0 spiro atoms. The molecule has 9 heteroatoms. The quantitative estimate of drug-likeness (QED) is 0.0659. The maximum absolute atomic E-state index is 13.4. The summed E-state index contributed by atoms with van der Waals surface area (Å²) in [6, 6.07) is 22.9. The summed E-state index contributed by atoms with van der Waals surface area (Å²) in [6.45, 7) is 3.82. The largest absolute Gasteiger partial charge is 0.497 e. The number of hydrogen-bond donors (Lipinski definition) is 5. The highest BCUT2D eigenvalue weighted by atomic mass is 16.5. The molecule has 4 aromatic carbocycles. The number of methoxy groups -OCH3 is 1. The molecule has 228 valence electrons. The van der Waals surface area contributed by atoms with E-state index in [2.05, 4.69) is 17.2 Å². The number of aromatic amines is 1. The van der Waals surface area contributed by atoms with Crippen LogP contribution in [-0.4, -0.2) is 40.7 Å². The van der Waals surface area contributed by atoms with Gasteiger partial charge in [-0.15, -0.1) is 0 Å². The number of carbonyl (C=O) groups is 3. The van der Waals surface area contributed by atoms with Gasteiger partial charge in [-0.1, -0.05) is 49.4 Å². The number of carboxylic acid groups (broad SMARTS) is 1. The van der Waals surface area contributed by atoms with E-state index in [1.54, 1.807) is 48.5 Å². The maximum atomic E-state index is 13.4. The SMILES string of the molecule is CCC(c1ccc(C(=O)NCc2ccc(C(C)=O)cc2)cc1-c1ccc(OC)cc1C(=O)O)c1c[nH]c2cc(C(=N)N)ccc12. The van der Waals surface area contributed by atoms with Crippen LogP contribution < -0.4 is 15.8 Å². The van der Waals surface area contributed by atoms with Gasteiger partial charge in [0.25, 0.3) is 5.91 Å². The molecule has 1 aromatic heterocycles. The average molecular weight is 603 g/mol. The first-order valence-corrected chi connectivity index (χ1v) is 14.5.